The van der Waals surface area contributed by atoms with Crippen LogP contribution in [0.4, 0.5) is 23.3 Å². The van der Waals surface area contributed by atoms with Crippen molar-refractivity contribution in [3.8, 4) is 0 Å². The number of carbonyl (C=O) groups excluding carboxylic acids is 1. The number of rotatable bonds is 9. The predicted molar refractivity (Wildman–Crippen MR) is 135 cm³/mol. The van der Waals surface area contributed by atoms with Crippen molar-refractivity contribution in [1.82, 2.24) is 30.4 Å². The summed E-state index contributed by atoms with van der Waals surface area (Å²) in [6.45, 7) is 6.28. The van der Waals surface area contributed by atoms with Gasteiger partial charge >= 0.3 is 0 Å². The molecule has 184 valence electrons. The average Bonchev–Trinajstić information content (AvgIpc) is 3.61. The molecule has 2 aromatic heterocycles. The smallest absolute Gasteiger partial charge is 0.270 e. The lowest BCUT2D eigenvalue weighted by molar-refractivity contribution is 0.0383. The van der Waals surface area contributed by atoms with Gasteiger partial charge in [0, 0.05) is 49.4 Å². The summed E-state index contributed by atoms with van der Waals surface area (Å²) in [6.07, 6.45) is 2.35. The fourth-order valence-electron chi connectivity index (χ4n) is 3.96. The maximum Gasteiger partial charge on any atom is 0.270 e. The van der Waals surface area contributed by atoms with Crippen LogP contribution in [0.5, 0.6) is 0 Å². The molecule has 3 aromatic rings. The monoisotopic (exact) mass is 496 g/mol. The van der Waals surface area contributed by atoms with E-state index in [0.717, 1.165) is 38.5 Å². The molecule has 1 saturated heterocycles. The van der Waals surface area contributed by atoms with Crippen molar-refractivity contribution in [2.24, 2.45) is 0 Å². The summed E-state index contributed by atoms with van der Waals surface area (Å²) in [7, 11) is 0. The first-order valence-corrected chi connectivity index (χ1v) is 12.3. The number of halogens is 1. The van der Waals surface area contributed by atoms with Crippen LogP contribution in [0.25, 0.3) is 0 Å². The number of nitrogens with zero attached hydrogens (tertiary/aromatic N) is 4. The van der Waals surface area contributed by atoms with Gasteiger partial charge in [-0.3, -0.25) is 14.8 Å². The van der Waals surface area contributed by atoms with E-state index in [1.54, 1.807) is 6.07 Å². The van der Waals surface area contributed by atoms with Crippen molar-refractivity contribution in [2.45, 2.75) is 25.7 Å². The molecule has 1 aromatic carbocycles. The average molecular weight is 497 g/mol. The van der Waals surface area contributed by atoms with Gasteiger partial charge in [0.15, 0.2) is 5.82 Å². The molecule has 1 amide bonds. The highest BCUT2D eigenvalue weighted by Gasteiger charge is 2.26. The van der Waals surface area contributed by atoms with E-state index in [1.165, 1.54) is 12.8 Å². The van der Waals surface area contributed by atoms with E-state index in [2.05, 4.69) is 41.0 Å². The third-order valence-corrected chi connectivity index (χ3v) is 6.49. The Balaban J connectivity index is 1.36. The SMILES string of the molecule is Cc1c(Nc2cc(C3CC3)[nH]n2)nc(Nc2ccccc2Cl)nc1C(=O)NCCN1CCOCC1. The number of carbonyl (C=O) groups is 1. The van der Waals surface area contributed by atoms with Crippen molar-refractivity contribution in [2.75, 3.05) is 50.0 Å². The van der Waals surface area contributed by atoms with Crippen LogP contribution in [0.1, 0.15) is 40.5 Å². The zero-order valence-electron chi connectivity index (χ0n) is 19.6. The first-order chi connectivity index (χ1) is 17.1. The molecule has 5 rings (SSSR count). The molecule has 11 heteroatoms. The number of amides is 1. The molecular formula is C24H29ClN8O2. The highest BCUT2D eigenvalue weighted by atomic mass is 35.5. The molecule has 4 N–H and O–H groups in total. The lowest BCUT2D eigenvalue weighted by atomic mass is 10.2. The van der Waals surface area contributed by atoms with Crippen LogP contribution in [0.3, 0.4) is 0 Å². The van der Waals surface area contributed by atoms with Gasteiger partial charge in [0.25, 0.3) is 5.91 Å². The van der Waals surface area contributed by atoms with Crippen LogP contribution in [0.2, 0.25) is 5.02 Å². The predicted octanol–water partition coefficient (Wildman–Crippen LogP) is 3.59. The van der Waals surface area contributed by atoms with E-state index < -0.39 is 0 Å². The molecular weight excluding hydrogens is 468 g/mol. The molecule has 0 unspecified atom stereocenters. The lowest BCUT2D eigenvalue weighted by Gasteiger charge is -2.26. The second kappa shape index (κ2) is 10.6. The minimum Gasteiger partial charge on any atom is -0.379 e. The Hall–Kier alpha value is -3.21. The molecule has 0 radical (unpaired) electrons. The number of nitrogens with one attached hydrogen (secondary N) is 4. The third kappa shape index (κ3) is 5.90. The zero-order chi connectivity index (χ0) is 24.2. The minimum atomic E-state index is -0.260. The Morgan fingerprint density at radius 1 is 1.20 bits per heavy atom. The number of aromatic nitrogens is 4. The zero-order valence-corrected chi connectivity index (χ0v) is 20.4. The number of benzene rings is 1. The molecule has 1 saturated carbocycles. The van der Waals surface area contributed by atoms with Crippen molar-refractivity contribution < 1.29 is 9.53 Å². The molecule has 1 aliphatic carbocycles. The number of ether oxygens (including phenoxy) is 1. The molecule has 1 aliphatic heterocycles. The molecule has 0 spiro atoms. The number of morpholine rings is 1. The first kappa shape index (κ1) is 23.5. The van der Waals surface area contributed by atoms with Gasteiger partial charge in [-0.05, 0) is 31.9 Å². The molecule has 2 aliphatic rings. The molecule has 0 bridgehead atoms. The van der Waals surface area contributed by atoms with Crippen molar-refractivity contribution in [3.05, 3.63) is 52.3 Å². The van der Waals surface area contributed by atoms with E-state index in [9.17, 15) is 4.79 Å². The van der Waals surface area contributed by atoms with Crippen LogP contribution in [0, 0.1) is 6.92 Å². The van der Waals surface area contributed by atoms with E-state index in [4.69, 9.17) is 16.3 Å². The Morgan fingerprint density at radius 3 is 2.77 bits per heavy atom. The minimum absolute atomic E-state index is 0.260. The Labute approximate surface area is 208 Å². The molecule has 0 atom stereocenters. The molecule has 2 fully saturated rings. The molecule has 3 heterocycles. The van der Waals surface area contributed by atoms with Gasteiger partial charge in [0.2, 0.25) is 5.95 Å². The Bertz CT molecular complexity index is 1190. The Kier molecular flexibility index (Phi) is 7.12. The summed E-state index contributed by atoms with van der Waals surface area (Å²) in [5.41, 5.74) is 2.68. The van der Waals surface area contributed by atoms with Gasteiger partial charge in [0.05, 0.1) is 23.9 Å². The van der Waals surface area contributed by atoms with Gasteiger partial charge in [0.1, 0.15) is 11.5 Å². The van der Waals surface area contributed by atoms with Gasteiger partial charge in [-0.1, -0.05) is 23.7 Å². The molecule has 10 nitrogen and oxygen atoms in total. The quantitative estimate of drug-likeness (QED) is 0.355. The van der Waals surface area contributed by atoms with E-state index in [-0.39, 0.29) is 17.5 Å². The van der Waals surface area contributed by atoms with Crippen LogP contribution < -0.4 is 16.0 Å². The van der Waals surface area contributed by atoms with E-state index >= 15 is 0 Å². The summed E-state index contributed by atoms with van der Waals surface area (Å²) < 4.78 is 5.39. The van der Waals surface area contributed by atoms with E-state index in [1.807, 2.05) is 31.2 Å². The number of aromatic amines is 1. The van der Waals surface area contributed by atoms with Crippen LogP contribution in [-0.4, -0.2) is 70.4 Å². The molecule has 35 heavy (non-hydrogen) atoms. The number of H-pyrrole nitrogens is 1. The second-order valence-electron chi connectivity index (χ2n) is 8.79. The van der Waals surface area contributed by atoms with Crippen LogP contribution in [-0.2, 0) is 4.74 Å². The third-order valence-electron chi connectivity index (χ3n) is 6.16. The highest BCUT2D eigenvalue weighted by molar-refractivity contribution is 6.33. The van der Waals surface area contributed by atoms with Gasteiger partial charge in [-0.15, -0.1) is 0 Å². The van der Waals surface area contributed by atoms with Gasteiger partial charge < -0.3 is 20.7 Å². The second-order valence-corrected chi connectivity index (χ2v) is 9.20. The van der Waals surface area contributed by atoms with Crippen molar-refractivity contribution in [3.63, 3.8) is 0 Å². The van der Waals surface area contributed by atoms with Crippen molar-refractivity contribution >= 4 is 40.8 Å². The summed E-state index contributed by atoms with van der Waals surface area (Å²) in [6, 6.07) is 9.31. The summed E-state index contributed by atoms with van der Waals surface area (Å²) in [4.78, 5) is 24.6. The van der Waals surface area contributed by atoms with Gasteiger partial charge in [-0.25, -0.2) is 4.98 Å². The Morgan fingerprint density at radius 2 is 2.00 bits per heavy atom. The topological polar surface area (TPSA) is 120 Å². The maximum absolute atomic E-state index is 13.1. The van der Waals surface area contributed by atoms with Gasteiger partial charge in [-0.2, -0.15) is 10.1 Å². The number of hydrogen-bond acceptors (Lipinski definition) is 8. The summed E-state index contributed by atoms with van der Waals surface area (Å²) in [5, 5.41) is 17.4. The normalized spacial score (nSPS) is 16.2. The largest absolute Gasteiger partial charge is 0.379 e. The lowest BCUT2D eigenvalue weighted by Crippen LogP contribution is -2.41. The van der Waals surface area contributed by atoms with Crippen LogP contribution in [0.15, 0.2) is 30.3 Å². The highest BCUT2D eigenvalue weighted by Crippen LogP contribution is 2.39. The fourth-order valence-corrected chi connectivity index (χ4v) is 4.14. The standard InChI is InChI=1S/C24H29ClN8O2/c1-15-21(23(34)26-8-9-33-10-12-35-13-11-33)29-24(27-18-5-3-2-4-17(18)25)30-22(15)28-20-14-19(31-32-20)16-6-7-16/h2-5,14,16H,6-13H2,1H3,(H,26,34)(H3,27,28,29,30,31,32). The summed E-state index contributed by atoms with van der Waals surface area (Å²) >= 11 is 6.32. The van der Waals surface area contributed by atoms with E-state index in [0.29, 0.717) is 40.4 Å². The number of anilines is 4. The number of hydrogen-bond donors (Lipinski definition) is 4. The summed E-state index contributed by atoms with van der Waals surface area (Å²) in [5.74, 6) is 1.71. The van der Waals surface area contributed by atoms with Crippen molar-refractivity contribution in [1.29, 1.82) is 0 Å². The fraction of sp³-hybridized carbons (Fsp3) is 0.417. The number of para-hydroxylation sites is 1. The first-order valence-electron chi connectivity index (χ1n) is 11.9. The maximum atomic E-state index is 13.1. The van der Waals surface area contributed by atoms with Crippen LogP contribution >= 0.6 is 11.6 Å².